The van der Waals surface area contributed by atoms with Gasteiger partial charge in [0, 0.05) is 30.2 Å². The molecule has 0 fully saturated rings. The molecule has 1 heterocycles. The van der Waals surface area contributed by atoms with Crippen molar-refractivity contribution in [1.82, 2.24) is 15.2 Å². The van der Waals surface area contributed by atoms with Gasteiger partial charge in [-0.2, -0.15) is 0 Å². The predicted molar refractivity (Wildman–Crippen MR) is 89.4 cm³/mol. The molecule has 1 aromatic heterocycles. The van der Waals surface area contributed by atoms with Gasteiger partial charge in [-0.1, -0.05) is 26.0 Å². The van der Waals surface area contributed by atoms with Gasteiger partial charge < -0.3 is 20.5 Å². The van der Waals surface area contributed by atoms with Crippen molar-refractivity contribution in [3.8, 4) is 0 Å². The smallest absolute Gasteiger partial charge is 0.319 e. The van der Waals surface area contributed by atoms with Crippen molar-refractivity contribution in [3.05, 3.63) is 40.7 Å². The number of aromatic amines is 1. The fourth-order valence-corrected chi connectivity index (χ4v) is 2.29. The minimum Gasteiger partial charge on any atom is -0.359 e. The van der Waals surface area contributed by atoms with Crippen molar-refractivity contribution in [1.29, 1.82) is 0 Å². The number of para-hydroxylation sites is 1. The second kappa shape index (κ2) is 7.61. The van der Waals surface area contributed by atoms with E-state index < -0.39 is 0 Å². The standard InChI is InChI=1S/C16H22N4O2/c1-3-20(4-2)10-9-17-16(22)19-14-11-18-13-8-6-5-7-12(13)15(14)21/h5-8,11H,3-4,9-10H2,1-2H3,(H,18,21)(H2,17,19,22). The highest BCUT2D eigenvalue weighted by Gasteiger charge is 2.08. The van der Waals surface area contributed by atoms with Gasteiger partial charge in [-0.05, 0) is 25.2 Å². The number of anilines is 1. The maximum Gasteiger partial charge on any atom is 0.319 e. The summed E-state index contributed by atoms with van der Waals surface area (Å²) in [6, 6.07) is 6.84. The molecule has 0 unspecified atom stereocenters. The first-order valence-electron chi connectivity index (χ1n) is 7.53. The van der Waals surface area contributed by atoms with E-state index in [1.54, 1.807) is 12.1 Å². The highest BCUT2D eigenvalue weighted by molar-refractivity contribution is 5.91. The van der Waals surface area contributed by atoms with Gasteiger partial charge in [0.15, 0.2) is 0 Å². The highest BCUT2D eigenvalue weighted by atomic mass is 16.2. The minimum atomic E-state index is -0.368. The van der Waals surface area contributed by atoms with Crippen LogP contribution in [0.3, 0.4) is 0 Å². The molecule has 6 nitrogen and oxygen atoms in total. The number of likely N-dealkylation sites (N-methyl/N-ethyl adjacent to an activating group) is 1. The Hall–Kier alpha value is -2.34. The van der Waals surface area contributed by atoms with E-state index in [2.05, 4.69) is 34.4 Å². The summed E-state index contributed by atoms with van der Waals surface area (Å²) in [6.07, 6.45) is 1.52. The second-order valence-electron chi connectivity index (χ2n) is 4.98. The third kappa shape index (κ3) is 3.85. The maximum atomic E-state index is 12.3. The van der Waals surface area contributed by atoms with Crippen molar-refractivity contribution in [3.63, 3.8) is 0 Å². The molecule has 2 rings (SSSR count). The van der Waals surface area contributed by atoms with Gasteiger partial charge in [-0.3, -0.25) is 4.79 Å². The zero-order valence-electron chi connectivity index (χ0n) is 13.0. The number of carbonyl (C=O) groups is 1. The summed E-state index contributed by atoms with van der Waals surface area (Å²) in [5.41, 5.74) is 0.812. The molecule has 0 bridgehead atoms. The molecule has 0 atom stereocenters. The minimum absolute atomic E-state index is 0.187. The Balaban J connectivity index is 1.97. The number of aromatic nitrogens is 1. The summed E-state index contributed by atoms with van der Waals surface area (Å²) >= 11 is 0. The summed E-state index contributed by atoms with van der Waals surface area (Å²) in [4.78, 5) is 29.4. The Bertz CT molecular complexity index is 692. The number of benzene rings is 1. The quantitative estimate of drug-likeness (QED) is 0.763. The van der Waals surface area contributed by atoms with E-state index in [4.69, 9.17) is 0 Å². The number of pyridine rings is 1. The highest BCUT2D eigenvalue weighted by Crippen LogP contribution is 2.09. The van der Waals surface area contributed by atoms with Gasteiger partial charge in [-0.15, -0.1) is 0 Å². The number of fused-ring (bicyclic) bond motifs is 1. The normalized spacial score (nSPS) is 10.9. The van der Waals surface area contributed by atoms with E-state index in [0.717, 1.165) is 25.2 Å². The number of H-pyrrole nitrogens is 1. The molecule has 0 saturated heterocycles. The number of hydrogen-bond donors (Lipinski definition) is 3. The van der Waals surface area contributed by atoms with Gasteiger partial charge in [0.1, 0.15) is 5.69 Å². The van der Waals surface area contributed by atoms with Crippen LogP contribution in [0, 0.1) is 0 Å². The van der Waals surface area contributed by atoms with Crippen LogP contribution in [0.25, 0.3) is 10.9 Å². The molecule has 0 aliphatic heterocycles. The van der Waals surface area contributed by atoms with Crippen LogP contribution in [0.5, 0.6) is 0 Å². The molecule has 2 aromatic rings. The van der Waals surface area contributed by atoms with Crippen molar-refractivity contribution in [2.24, 2.45) is 0 Å². The Kier molecular flexibility index (Phi) is 5.55. The lowest BCUT2D eigenvalue weighted by atomic mass is 10.2. The molecular formula is C16H22N4O2. The number of urea groups is 1. The average molecular weight is 302 g/mol. The van der Waals surface area contributed by atoms with Crippen LogP contribution in [0.4, 0.5) is 10.5 Å². The molecule has 0 radical (unpaired) electrons. The van der Waals surface area contributed by atoms with Gasteiger partial charge >= 0.3 is 6.03 Å². The Morgan fingerprint density at radius 1 is 1.23 bits per heavy atom. The van der Waals surface area contributed by atoms with E-state index in [-0.39, 0.29) is 17.1 Å². The summed E-state index contributed by atoms with van der Waals surface area (Å²) in [6.45, 7) is 7.39. The molecule has 0 saturated carbocycles. The maximum absolute atomic E-state index is 12.3. The number of hydrogen-bond acceptors (Lipinski definition) is 3. The fourth-order valence-electron chi connectivity index (χ4n) is 2.29. The van der Waals surface area contributed by atoms with E-state index in [1.807, 2.05) is 12.1 Å². The van der Waals surface area contributed by atoms with Crippen LogP contribution < -0.4 is 16.1 Å². The van der Waals surface area contributed by atoms with Gasteiger partial charge in [0.05, 0.1) is 0 Å². The van der Waals surface area contributed by atoms with Crippen LogP contribution in [-0.2, 0) is 0 Å². The molecule has 22 heavy (non-hydrogen) atoms. The number of amides is 2. The molecule has 3 N–H and O–H groups in total. The SMILES string of the molecule is CCN(CC)CCNC(=O)Nc1c[nH]c2ccccc2c1=O. The molecule has 118 valence electrons. The van der Waals surface area contributed by atoms with Crippen LogP contribution in [0.15, 0.2) is 35.3 Å². The van der Waals surface area contributed by atoms with E-state index in [0.29, 0.717) is 11.9 Å². The van der Waals surface area contributed by atoms with E-state index in [1.165, 1.54) is 6.20 Å². The van der Waals surface area contributed by atoms with Crippen molar-refractivity contribution in [2.45, 2.75) is 13.8 Å². The first-order valence-corrected chi connectivity index (χ1v) is 7.53. The van der Waals surface area contributed by atoms with Gasteiger partial charge in [-0.25, -0.2) is 4.79 Å². The zero-order valence-corrected chi connectivity index (χ0v) is 13.0. The lowest BCUT2D eigenvalue weighted by molar-refractivity contribution is 0.248. The summed E-state index contributed by atoms with van der Waals surface area (Å²) < 4.78 is 0. The summed E-state index contributed by atoms with van der Waals surface area (Å²) in [7, 11) is 0. The van der Waals surface area contributed by atoms with E-state index >= 15 is 0 Å². The Morgan fingerprint density at radius 2 is 1.95 bits per heavy atom. The number of rotatable bonds is 6. The molecule has 2 amide bonds. The first kappa shape index (κ1) is 16.0. The monoisotopic (exact) mass is 302 g/mol. The van der Waals surface area contributed by atoms with Crippen LogP contribution in [-0.4, -0.2) is 42.1 Å². The zero-order chi connectivity index (χ0) is 15.9. The largest absolute Gasteiger partial charge is 0.359 e. The average Bonchev–Trinajstić information content (AvgIpc) is 2.54. The third-order valence-electron chi connectivity index (χ3n) is 3.64. The van der Waals surface area contributed by atoms with Crippen LogP contribution >= 0.6 is 0 Å². The van der Waals surface area contributed by atoms with Gasteiger partial charge in [0.25, 0.3) is 0 Å². The summed E-state index contributed by atoms with van der Waals surface area (Å²) in [5.74, 6) is 0. The fraction of sp³-hybridized carbons (Fsp3) is 0.375. The predicted octanol–water partition coefficient (Wildman–Crippen LogP) is 1.99. The van der Waals surface area contributed by atoms with Crippen molar-refractivity contribution >= 4 is 22.6 Å². The summed E-state index contributed by atoms with van der Waals surface area (Å²) in [5, 5.41) is 5.92. The lowest BCUT2D eigenvalue weighted by Gasteiger charge is -2.18. The van der Waals surface area contributed by atoms with Crippen LogP contribution in [0.1, 0.15) is 13.8 Å². The molecule has 1 aromatic carbocycles. The molecule has 0 spiro atoms. The first-order chi connectivity index (χ1) is 10.7. The van der Waals surface area contributed by atoms with Gasteiger partial charge in [0.2, 0.25) is 5.43 Å². The second-order valence-corrected chi connectivity index (χ2v) is 4.98. The Morgan fingerprint density at radius 3 is 2.68 bits per heavy atom. The molecule has 0 aliphatic rings. The topological polar surface area (TPSA) is 77.2 Å². The number of nitrogens with one attached hydrogen (secondary N) is 3. The molecule has 6 heteroatoms. The third-order valence-corrected chi connectivity index (χ3v) is 3.64. The Labute approximate surface area is 129 Å². The number of nitrogens with zero attached hydrogens (tertiary/aromatic N) is 1. The molecule has 0 aliphatic carbocycles. The van der Waals surface area contributed by atoms with E-state index in [9.17, 15) is 9.59 Å². The van der Waals surface area contributed by atoms with Crippen molar-refractivity contribution in [2.75, 3.05) is 31.5 Å². The molecular weight excluding hydrogens is 280 g/mol. The van der Waals surface area contributed by atoms with Crippen molar-refractivity contribution < 1.29 is 4.79 Å². The van der Waals surface area contributed by atoms with Crippen LogP contribution in [0.2, 0.25) is 0 Å². The number of carbonyl (C=O) groups excluding carboxylic acids is 1. The lowest BCUT2D eigenvalue weighted by Crippen LogP contribution is -2.37.